The number of fused-ring (bicyclic) bond motifs is 1. The third kappa shape index (κ3) is 3.85. The third-order valence-electron chi connectivity index (χ3n) is 3.22. The Bertz CT molecular complexity index is 1030. The monoisotopic (exact) mass is 384 g/mol. The number of rotatable bonds is 4. The molecular weight excluding hydrogens is 373 g/mol. The molecule has 0 aliphatic rings. The molecule has 0 aliphatic carbocycles. The number of H-pyrrole nitrogens is 1. The van der Waals surface area contributed by atoms with Gasteiger partial charge in [-0.3, -0.25) is 14.6 Å². The maximum atomic E-state index is 12.7. The average molecular weight is 384 g/mol. The minimum Gasteiger partial charge on any atom is -0.325 e. The molecule has 3 aromatic rings. The number of thioether (sulfide) groups is 1. The molecule has 8 nitrogen and oxygen atoms in total. The van der Waals surface area contributed by atoms with Gasteiger partial charge in [-0.2, -0.15) is 22.8 Å². The summed E-state index contributed by atoms with van der Waals surface area (Å²) >= 11 is 0.979. The minimum atomic E-state index is -4.49. The lowest BCUT2D eigenvalue weighted by Gasteiger charge is -2.09. The Hall–Kier alpha value is -2.89. The van der Waals surface area contributed by atoms with Gasteiger partial charge in [0.25, 0.3) is 11.3 Å². The Morgan fingerprint density at radius 1 is 1.35 bits per heavy atom. The van der Waals surface area contributed by atoms with E-state index in [0.29, 0.717) is 0 Å². The van der Waals surface area contributed by atoms with Crippen molar-refractivity contribution in [1.82, 2.24) is 24.8 Å². The van der Waals surface area contributed by atoms with Crippen LogP contribution in [0.2, 0.25) is 0 Å². The van der Waals surface area contributed by atoms with Crippen LogP contribution in [0, 0.1) is 6.92 Å². The first kappa shape index (κ1) is 17.9. The Labute approximate surface area is 147 Å². The summed E-state index contributed by atoms with van der Waals surface area (Å²) < 4.78 is 39.3. The number of carbonyl (C=O) groups excluding carboxylic acids is 1. The van der Waals surface area contributed by atoms with Gasteiger partial charge in [0.2, 0.25) is 11.1 Å². The Morgan fingerprint density at radius 2 is 2.12 bits per heavy atom. The second-order valence-corrected chi connectivity index (χ2v) is 6.12. The summed E-state index contributed by atoms with van der Waals surface area (Å²) in [4.78, 5) is 25.9. The van der Waals surface area contributed by atoms with Crippen molar-refractivity contribution in [1.29, 1.82) is 0 Å². The van der Waals surface area contributed by atoms with Gasteiger partial charge in [0, 0.05) is 5.69 Å². The summed E-state index contributed by atoms with van der Waals surface area (Å²) in [6, 6.07) is 4.34. The highest BCUT2D eigenvalue weighted by Gasteiger charge is 2.30. The maximum absolute atomic E-state index is 12.7. The predicted octanol–water partition coefficient (Wildman–Crippen LogP) is 1.87. The number of amides is 1. The molecule has 0 fully saturated rings. The fraction of sp³-hybridized carbons (Fsp3) is 0.214. The van der Waals surface area contributed by atoms with Crippen LogP contribution in [0.15, 0.2) is 34.2 Å². The van der Waals surface area contributed by atoms with Crippen LogP contribution < -0.4 is 10.9 Å². The van der Waals surface area contributed by atoms with Gasteiger partial charge in [-0.15, -0.1) is 10.2 Å². The molecule has 0 aliphatic heterocycles. The van der Waals surface area contributed by atoms with Gasteiger partial charge in [0.15, 0.2) is 0 Å². The molecule has 136 valence electrons. The summed E-state index contributed by atoms with van der Waals surface area (Å²) in [7, 11) is 0. The number of anilines is 1. The number of aromatic amines is 1. The quantitative estimate of drug-likeness (QED) is 0.666. The van der Waals surface area contributed by atoms with Crippen molar-refractivity contribution >= 4 is 29.1 Å². The van der Waals surface area contributed by atoms with Crippen molar-refractivity contribution in [2.45, 2.75) is 18.3 Å². The molecule has 0 atom stereocenters. The van der Waals surface area contributed by atoms with Crippen LogP contribution in [0.25, 0.3) is 5.78 Å². The first-order valence-corrected chi connectivity index (χ1v) is 8.15. The lowest BCUT2D eigenvalue weighted by Crippen LogP contribution is -2.17. The molecule has 0 spiro atoms. The number of hydrogen-bond donors (Lipinski definition) is 2. The zero-order valence-electron chi connectivity index (χ0n) is 13.2. The van der Waals surface area contributed by atoms with Gasteiger partial charge < -0.3 is 5.32 Å². The number of nitrogens with zero attached hydrogens (tertiary/aromatic N) is 4. The van der Waals surface area contributed by atoms with Crippen LogP contribution in [-0.2, 0) is 11.0 Å². The highest BCUT2D eigenvalue weighted by molar-refractivity contribution is 7.99. The van der Waals surface area contributed by atoms with Crippen molar-refractivity contribution in [3.05, 3.63) is 45.9 Å². The number of halogens is 3. The van der Waals surface area contributed by atoms with Gasteiger partial charge in [-0.25, -0.2) is 0 Å². The summed E-state index contributed by atoms with van der Waals surface area (Å²) in [5.41, 5.74) is -1.01. The van der Waals surface area contributed by atoms with Gasteiger partial charge in [-0.05, 0) is 25.1 Å². The SMILES string of the molecule is Cc1nn2c(SCC(=O)Nc3cccc(C(F)(F)F)c3)nnc2[nH]c1=O. The van der Waals surface area contributed by atoms with Crippen molar-refractivity contribution in [3.63, 3.8) is 0 Å². The van der Waals surface area contributed by atoms with E-state index in [1.165, 1.54) is 23.6 Å². The van der Waals surface area contributed by atoms with Crippen LogP contribution >= 0.6 is 11.8 Å². The number of benzene rings is 1. The van der Waals surface area contributed by atoms with Crippen molar-refractivity contribution in [2.24, 2.45) is 0 Å². The normalized spacial score (nSPS) is 11.7. The molecule has 2 N–H and O–H groups in total. The lowest BCUT2D eigenvalue weighted by molar-refractivity contribution is -0.137. The predicted molar refractivity (Wildman–Crippen MR) is 86.9 cm³/mol. The largest absolute Gasteiger partial charge is 0.416 e. The smallest absolute Gasteiger partial charge is 0.325 e. The lowest BCUT2D eigenvalue weighted by atomic mass is 10.2. The average Bonchev–Trinajstić information content (AvgIpc) is 2.95. The van der Waals surface area contributed by atoms with Crippen LogP contribution in [0.1, 0.15) is 11.3 Å². The van der Waals surface area contributed by atoms with E-state index in [9.17, 15) is 22.8 Å². The summed E-state index contributed by atoms with van der Waals surface area (Å²) in [6.07, 6.45) is -4.49. The molecule has 0 unspecified atom stereocenters. The molecular formula is C14H11F3N6O2S. The Morgan fingerprint density at radius 3 is 2.85 bits per heavy atom. The number of nitrogens with one attached hydrogen (secondary N) is 2. The molecule has 0 saturated heterocycles. The van der Waals surface area contributed by atoms with E-state index in [-0.39, 0.29) is 28.1 Å². The van der Waals surface area contributed by atoms with Gasteiger partial charge in [-0.1, -0.05) is 17.8 Å². The molecule has 1 amide bonds. The zero-order valence-corrected chi connectivity index (χ0v) is 14.0. The number of aryl methyl sites for hydroxylation is 1. The number of aromatic nitrogens is 5. The van der Waals surface area contributed by atoms with Crippen molar-refractivity contribution in [2.75, 3.05) is 11.1 Å². The maximum Gasteiger partial charge on any atom is 0.416 e. The summed E-state index contributed by atoms with van der Waals surface area (Å²) in [5.74, 6) is -0.523. The molecule has 0 radical (unpaired) electrons. The van der Waals surface area contributed by atoms with Crippen molar-refractivity contribution < 1.29 is 18.0 Å². The number of carbonyl (C=O) groups is 1. The topological polar surface area (TPSA) is 105 Å². The Kier molecular flexibility index (Phi) is 4.68. The zero-order chi connectivity index (χ0) is 18.9. The van der Waals surface area contributed by atoms with Crippen LogP contribution in [0.3, 0.4) is 0 Å². The molecule has 26 heavy (non-hydrogen) atoms. The fourth-order valence-corrected chi connectivity index (χ4v) is 2.69. The van der Waals surface area contributed by atoms with E-state index in [4.69, 9.17) is 0 Å². The Balaban J connectivity index is 1.68. The summed E-state index contributed by atoms with van der Waals surface area (Å²) in [5, 5.41) is 14.2. The molecule has 2 aromatic heterocycles. The minimum absolute atomic E-state index is 0.0369. The second-order valence-electron chi connectivity index (χ2n) is 5.17. The first-order valence-electron chi connectivity index (χ1n) is 7.16. The van der Waals surface area contributed by atoms with Gasteiger partial charge in [0.1, 0.15) is 5.69 Å². The molecule has 1 aromatic carbocycles. The van der Waals surface area contributed by atoms with Crippen LogP contribution in [0.4, 0.5) is 18.9 Å². The molecule has 0 bridgehead atoms. The summed E-state index contributed by atoms with van der Waals surface area (Å²) in [6.45, 7) is 1.51. The second kappa shape index (κ2) is 6.78. The van der Waals surface area contributed by atoms with E-state index in [2.05, 4.69) is 25.6 Å². The third-order valence-corrected chi connectivity index (χ3v) is 4.14. The van der Waals surface area contributed by atoms with Gasteiger partial charge >= 0.3 is 6.18 Å². The molecule has 12 heteroatoms. The number of hydrogen-bond acceptors (Lipinski definition) is 6. The van der Waals surface area contributed by atoms with Crippen LogP contribution in [0.5, 0.6) is 0 Å². The van der Waals surface area contributed by atoms with Gasteiger partial charge in [0.05, 0.1) is 11.3 Å². The fourth-order valence-electron chi connectivity index (χ4n) is 2.01. The highest BCUT2D eigenvalue weighted by Crippen LogP contribution is 2.30. The van der Waals surface area contributed by atoms with E-state index in [1.807, 2.05) is 0 Å². The number of alkyl halides is 3. The van der Waals surface area contributed by atoms with E-state index < -0.39 is 23.2 Å². The highest BCUT2D eigenvalue weighted by atomic mass is 32.2. The van der Waals surface area contributed by atoms with E-state index >= 15 is 0 Å². The van der Waals surface area contributed by atoms with E-state index in [1.54, 1.807) is 0 Å². The molecule has 0 saturated carbocycles. The van der Waals surface area contributed by atoms with Crippen molar-refractivity contribution in [3.8, 4) is 0 Å². The van der Waals surface area contributed by atoms with E-state index in [0.717, 1.165) is 23.9 Å². The molecule has 2 heterocycles. The molecule has 3 rings (SSSR count). The van der Waals surface area contributed by atoms with Crippen LogP contribution in [-0.4, -0.2) is 36.5 Å². The standard InChI is InChI=1S/C14H11F3N6O2S/c1-7-11(25)19-12-20-21-13(23(12)22-7)26-6-10(24)18-9-4-2-3-8(5-9)14(15,16)17/h2-5H,6H2,1H3,(H,18,24)(H,19,20,25). The first-order chi connectivity index (χ1) is 12.2.